The van der Waals surface area contributed by atoms with Crippen LogP contribution in [0.1, 0.15) is 26.7 Å². The molecule has 0 N–H and O–H groups in total. The molecule has 10 heavy (non-hydrogen) atoms. The molecule has 2 atom stereocenters. The van der Waals surface area contributed by atoms with Crippen molar-refractivity contribution in [3.8, 4) is 0 Å². The zero-order valence-electron chi connectivity index (χ0n) is 6.88. The zero-order chi connectivity index (χ0) is 7.56. The van der Waals surface area contributed by atoms with Crippen LogP contribution >= 0.6 is 12.6 Å². The first-order chi connectivity index (χ1) is 4.79. The summed E-state index contributed by atoms with van der Waals surface area (Å²) in [6, 6.07) is 0.744. The van der Waals surface area contributed by atoms with E-state index >= 15 is 0 Å². The lowest BCUT2D eigenvalue weighted by molar-refractivity contribution is 0.264. The summed E-state index contributed by atoms with van der Waals surface area (Å²) in [4.78, 5) is 2.53. The molecule has 1 nitrogen and oxygen atoms in total. The average Bonchev–Trinajstić information content (AvgIpc) is 2.30. The van der Waals surface area contributed by atoms with Crippen LogP contribution < -0.4 is 0 Å². The van der Waals surface area contributed by atoms with Crippen molar-refractivity contribution in [1.29, 1.82) is 0 Å². The minimum atomic E-state index is 0.630. The number of likely N-dealkylation sites (tertiary alicyclic amines) is 1. The fraction of sp³-hybridized carbons (Fsp3) is 1.00. The van der Waals surface area contributed by atoms with Crippen LogP contribution in [0, 0.1) is 0 Å². The van der Waals surface area contributed by atoms with Gasteiger partial charge in [-0.2, -0.15) is 12.6 Å². The van der Waals surface area contributed by atoms with E-state index in [0.29, 0.717) is 5.25 Å². The first-order valence-electron chi connectivity index (χ1n) is 4.21. The van der Waals surface area contributed by atoms with Crippen LogP contribution in [-0.2, 0) is 0 Å². The molecule has 1 aliphatic rings. The third-order valence-corrected chi connectivity index (χ3v) is 3.05. The maximum Gasteiger partial charge on any atom is 0.0209 e. The van der Waals surface area contributed by atoms with Crippen LogP contribution in [0.3, 0.4) is 0 Å². The Balaban J connectivity index is 2.45. The molecule has 2 unspecified atom stereocenters. The summed E-state index contributed by atoms with van der Waals surface area (Å²) >= 11 is 4.54. The highest BCUT2D eigenvalue weighted by Gasteiger charge is 2.28. The lowest BCUT2D eigenvalue weighted by atomic mass is 10.1. The summed E-state index contributed by atoms with van der Waals surface area (Å²) < 4.78 is 0. The lowest BCUT2D eigenvalue weighted by Crippen LogP contribution is -2.32. The Labute approximate surface area is 69.2 Å². The predicted molar refractivity (Wildman–Crippen MR) is 48.7 cm³/mol. The van der Waals surface area contributed by atoms with Crippen LogP contribution in [0.15, 0.2) is 0 Å². The summed E-state index contributed by atoms with van der Waals surface area (Å²) in [5.74, 6) is 0. The van der Waals surface area contributed by atoms with E-state index in [9.17, 15) is 0 Å². The first-order valence-corrected chi connectivity index (χ1v) is 4.73. The highest BCUT2D eigenvalue weighted by Crippen LogP contribution is 2.23. The first kappa shape index (κ1) is 8.41. The molecule has 0 aliphatic carbocycles. The minimum Gasteiger partial charge on any atom is -0.300 e. The van der Waals surface area contributed by atoms with E-state index in [2.05, 4.69) is 31.4 Å². The maximum absolute atomic E-state index is 4.54. The van der Waals surface area contributed by atoms with Gasteiger partial charge in [0.1, 0.15) is 0 Å². The largest absolute Gasteiger partial charge is 0.300 e. The third kappa shape index (κ3) is 1.48. The molecule has 0 radical (unpaired) electrons. The smallest absolute Gasteiger partial charge is 0.0209 e. The molecule has 2 heteroatoms. The highest BCUT2D eigenvalue weighted by molar-refractivity contribution is 7.81. The molecule has 0 aromatic heterocycles. The molecule has 1 saturated heterocycles. The van der Waals surface area contributed by atoms with Crippen LogP contribution in [0.25, 0.3) is 0 Å². The fourth-order valence-electron chi connectivity index (χ4n) is 1.82. The third-order valence-electron chi connectivity index (χ3n) is 2.45. The van der Waals surface area contributed by atoms with E-state index in [0.717, 1.165) is 6.04 Å². The van der Waals surface area contributed by atoms with Crippen molar-refractivity contribution in [2.75, 3.05) is 13.1 Å². The summed E-state index contributed by atoms with van der Waals surface area (Å²) in [7, 11) is 0. The average molecular weight is 159 g/mol. The Morgan fingerprint density at radius 3 is 2.60 bits per heavy atom. The van der Waals surface area contributed by atoms with Crippen molar-refractivity contribution in [2.24, 2.45) is 0 Å². The fourth-order valence-corrected chi connectivity index (χ4v) is 2.34. The summed E-state index contributed by atoms with van der Waals surface area (Å²) in [5.41, 5.74) is 0. The van der Waals surface area contributed by atoms with Crippen LogP contribution in [-0.4, -0.2) is 29.3 Å². The van der Waals surface area contributed by atoms with E-state index < -0.39 is 0 Å². The standard InChI is InChI=1S/C8H17NS/c1-3-7-8(10)5-6-9(7)4-2/h7-8,10H,3-6H2,1-2H3. The zero-order valence-corrected chi connectivity index (χ0v) is 7.77. The molecule has 0 spiro atoms. The number of hydrogen-bond donors (Lipinski definition) is 1. The van der Waals surface area contributed by atoms with Gasteiger partial charge in [-0.25, -0.2) is 0 Å². The van der Waals surface area contributed by atoms with Crippen molar-refractivity contribution in [3.63, 3.8) is 0 Å². The van der Waals surface area contributed by atoms with Gasteiger partial charge in [0.25, 0.3) is 0 Å². The van der Waals surface area contributed by atoms with Crippen molar-refractivity contribution in [2.45, 2.75) is 38.0 Å². The molecule has 1 rings (SSSR count). The monoisotopic (exact) mass is 159 g/mol. The maximum atomic E-state index is 4.54. The minimum absolute atomic E-state index is 0.630. The molecule has 0 saturated carbocycles. The predicted octanol–water partition coefficient (Wildman–Crippen LogP) is 1.79. The van der Waals surface area contributed by atoms with E-state index in [1.54, 1.807) is 0 Å². The highest BCUT2D eigenvalue weighted by atomic mass is 32.1. The van der Waals surface area contributed by atoms with Gasteiger partial charge in [-0.3, -0.25) is 4.90 Å². The molecule has 60 valence electrons. The van der Waals surface area contributed by atoms with Crippen LogP contribution in [0.4, 0.5) is 0 Å². The Kier molecular flexibility index (Phi) is 3.05. The van der Waals surface area contributed by atoms with Crippen molar-refractivity contribution in [1.82, 2.24) is 4.90 Å². The Hall–Kier alpha value is 0.310. The summed E-state index contributed by atoms with van der Waals surface area (Å²) in [6.07, 6.45) is 2.53. The summed E-state index contributed by atoms with van der Waals surface area (Å²) in [5, 5.41) is 0.630. The Bertz CT molecular complexity index is 105. The Morgan fingerprint density at radius 1 is 1.50 bits per heavy atom. The number of hydrogen-bond acceptors (Lipinski definition) is 2. The van der Waals surface area contributed by atoms with E-state index in [1.165, 1.54) is 25.9 Å². The van der Waals surface area contributed by atoms with Crippen molar-refractivity contribution >= 4 is 12.6 Å². The van der Waals surface area contributed by atoms with E-state index in [-0.39, 0.29) is 0 Å². The van der Waals surface area contributed by atoms with Gasteiger partial charge in [0.2, 0.25) is 0 Å². The second-order valence-electron chi connectivity index (χ2n) is 2.96. The second-order valence-corrected chi connectivity index (χ2v) is 3.62. The normalized spacial score (nSPS) is 35.1. The molecule has 0 aromatic rings. The van der Waals surface area contributed by atoms with Gasteiger partial charge in [-0.1, -0.05) is 13.8 Å². The second kappa shape index (κ2) is 3.63. The van der Waals surface area contributed by atoms with Gasteiger partial charge in [0, 0.05) is 11.3 Å². The van der Waals surface area contributed by atoms with E-state index in [1.807, 2.05) is 0 Å². The lowest BCUT2D eigenvalue weighted by Gasteiger charge is -2.23. The van der Waals surface area contributed by atoms with Gasteiger partial charge >= 0.3 is 0 Å². The molecule has 0 amide bonds. The molecule has 1 heterocycles. The summed E-state index contributed by atoms with van der Waals surface area (Å²) in [6.45, 7) is 6.93. The molecule has 0 bridgehead atoms. The number of thiol groups is 1. The number of rotatable bonds is 2. The van der Waals surface area contributed by atoms with Gasteiger partial charge in [0.05, 0.1) is 0 Å². The molecule has 1 aliphatic heterocycles. The van der Waals surface area contributed by atoms with E-state index in [4.69, 9.17) is 0 Å². The van der Waals surface area contributed by atoms with Gasteiger partial charge < -0.3 is 0 Å². The van der Waals surface area contributed by atoms with Gasteiger partial charge in [0.15, 0.2) is 0 Å². The molecular weight excluding hydrogens is 142 g/mol. The van der Waals surface area contributed by atoms with Gasteiger partial charge in [-0.05, 0) is 25.9 Å². The molecular formula is C8H17NS. The quantitative estimate of drug-likeness (QED) is 0.601. The van der Waals surface area contributed by atoms with Gasteiger partial charge in [-0.15, -0.1) is 0 Å². The topological polar surface area (TPSA) is 3.24 Å². The number of nitrogens with zero attached hydrogens (tertiary/aromatic N) is 1. The molecule has 0 aromatic carbocycles. The van der Waals surface area contributed by atoms with Crippen LogP contribution in [0.2, 0.25) is 0 Å². The van der Waals surface area contributed by atoms with Crippen LogP contribution in [0.5, 0.6) is 0 Å². The van der Waals surface area contributed by atoms with Crippen molar-refractivity contribution < 1.29 is 0 Å². The Morgan fingerprint density at radius 2 is 2.20 bits per heavy atom. The SMILES string of the molecule is CCC1C(S)CCN1CC. The molecule has 1 fully saturated rings. The van der Waals surface area contributed by atoms with Crippen molar-refractivity contribution in [3.05, 3.63) is 0 Å².